The first kappa shape index (κ1) is 21.2. The Morgan fingerprint density at radius 2 is 1.73 bits per heavy atom. The van der Waals surface area contributed by atoms with Crippen LogP contribution in [0.3, 0.4) is 0 Å². The number of fused-ring (bicyclic) bond motifs is 3. The third-order valence-electron chi connectivity index (χ3n) is 6.46. The third kappa shape index (κ3) is 3.36. The minimum atomic E-state index is -0.583. The number of H-pyrrole nitrogens is 1. The van der Waals surface area contributed by atoms with Crippen molar-refractivity contribution in [2.75, 3.05) is 19.0 Å². The van der Waals surface area contributed by atoms with E-state index in [0.29, 0.717) is 47.8 Å². The maximum Gasteiger partial charge on any atom is 0.329 e. The second-order valence-corrected chi connectivity index (χ2v) is 8.34. The van der Waals surface area contributed by atoms with Crippen LogP contribution < -0.4 is 16.6 Å². The van der Waals surface area contributed by atoms with Crippen molar-refractivity contribution in [3.8, 4) is 0 Å². The van der Waals surface area contributed by atoms with E-state index >= 15 is 0 Å². The number of aromatic amines is 1. The van der Waals surface area contributed by atoms with Crippen molar-refractivity contribution in [2.45, 2.75) is 32.2 Å². The molecule has 2 aliphatic rings. The van der Waals surface area contributed by atoms with Crippen molar-refractivity contribution >= 4 is 17.3 Å². The number of benzene rings is 2. The lowest BCUT2D eigenvalue weighted by atomic mass is 9.81. The molecule has 7 heteroatoms. The van der Waals surface area contributed by atoms with Crippen molar-refractivity contribution in [3.05, 3.63) is 103 Å². The summed E-state index contributed by atoms with van der Waals surface area (Å²) in [7, 11) is 1.61. The maximum atomic E-state index is 13.5. The summed E-state index contributed by atoms with van der Waals surface area (Å²) >= 11 is 0. The van der Waals surface area contributed by atoms with E-state index in [-0.39, 0.29) is 5.78 Å². The van der Waals surface area contributed by atoms with Gasteiger partial charge in [-0.1, -0.05) is 55.5 Å². The predicted octanol–water partition coefficient (Wildman–Crippen LogP) is 3.30. The number of nitrogens with zero attached hydrogens (tertiary/aromatic N) is 1. The Balaban J connectivity index is 1.77. The zero-order chi connectivity index (χ0) is 23.1. The van der Waals surface area contributed by atoms with Crippen molar-refractivity contribution in [1.82, 2.24) is 9.55 Å². The van der Waals surface area contributed by atoms with Crippen LogP contribution >= 0.6 is 0 Å². The topological polar surface area (TPSA) is 93.2 Å². The van der Waals surface area contributed by atoms with Crippen LogP contribution in [0.5, 0.6) is 0 Å². The Morgan fingerprint density at radius 1 is 1.00 bits per heavy atom. The molecule has 3 aromatic rings. The van der Waals surface area contributed by atoms with Gasteiger partial charge in [0, 0.05) is 42.9 Å². The van der Waals surface area contributed by atoms with Gasteiger partial charge in [0.2, 0.25) is 0 Å². The Bertz CT molecular complexity index is 1400. The van der Waals surface area contributed by atoms with E-state index in [0.717, 1.165) is 17.5 Å². The summed E-state index contributed by atoms with van der Waals surface area (Å²) in [5, 5.41) is 3.31. The quantitative estimate of drug-likeness (QED) is 0.570. The molecule has 1 aromatic heterocycles. The summed E-state index contributed by atoms with van der Waals surface area (Å²) in [6.45, 7) is 2.94. The number of methoxy groups -OCH3 is 1. The van der Waals surface area contributed by atoms with Gasteiger partial charge in [0.25, 0.3) is 5.56 Å². The van der Waals surface area contributed by atoms with Gasteiger partial charge in [-0.05, 0) is 24.0 Å². The van der Waals surface area contributed by atoms with E-state index in [9.17, 15) is 14.4 Å². The highest BCUT2D eigenvalue weighted by Crippen LogP contribution is 2.47. The molecule has 0 radical (unpaired) electrons. The van der Waals surface area contributed by atoms with E-state index in [4.69, 9.17) is 4.74 Å². The smallest absolute Gasteiger partial charge is 0.329 e. The molecule has 0 saturated heterocycles. The van der Waals surface area contributed by atoms with E-state index < -0.39 is 17.2 Å². The lowest BCUT2D eigenvalue weighted by molar-refractivity contribution is 0.103. The number of ether oxygens (including phenoxy) is 1. The molecule has 0 amide bonds. The lowest BCUT2D eigenvalue weighted by Crippen LogP contribution is -2.38. The van der Waals surface area contributed by atoms with Gasteiger partial charge in [0.1, 0.15) is 5.82 Å². The number of nitrogens with one attached hydrogen (secondary N) is 2. The van der Waals surface area contributed by atoms with Crippen LogP contribution in [0.1, 0.15) is 51.9 Å². The molecule has 0 saturated carbocycles. The summed E-state index contributed by atoms with van der Waals surface area (Å²) in [5.74, 6) is -0.243. The highest BCUT2D eigenvalue weighted by Gasteiger charge is 2.42. The molecule has 0 spiro atoms. The number of ketones is 1. The van der Waals surface area contributed by atoms with Crippen LogP contribution in [0.15, 0.2) is 63.7 Å². The molecule has 7 nitrogen and oxygen atoms in total. The van der Waals surface area contributed by atoms with Gasteiger partial charge >= 0.3 is 5.69 Å². The molecule has 168 valence electrons. The van der Waals surface area contributed by atoms with Crippen molar-refractivity contribution in [1.29, 1.82) is 0 Å². The Kier molecular flexibility index (Phi) is 5.34. The van der Waals surface area contributed by atoms with Crippen molar-refractivity contribution in [3.63, 3.8) is 0 Å². The largest absolute Gasteiger partial charge is 0.385 e. The molecule has 1 aliphatic carbocycles. The number of aromatic nitrogens is 2. The molecule has 5 rings (SSSR count). The number of Topliss-reactive ketones (excluding diaryl/α,β-unsaturated/α-hetero) is 1. The minimum Gasteiger partial charge on any atom is -0.385 e. The normalized spacial score (nSPS) is 16.3. The molecule has 2 heterocycles. The fourth-order valence-corrected chi connectivity index (χ4v) is 4.82. The van der Waals surface area contributed by atoms with E-state index in [1.807, 2.05) is 42.5 Å². The van der Waals surface area contributed by atoms with E-state index in [1.54, 1.807) is 17.7 Å². The monoisotopic (exact) mass is 443 g/mol. The van der Waals surface area contributed by atoms with E-state index in [2.05, 4.69) is 17.2 Å². The number of anilines is 1. The first-order chi connectivity index (χ1) is 16.0. The fourth-order valence-electron chi connectivity index (χ4n) is 4.82. The summed E-state index contributed by atoms with van der Waals surface area (Å²) < 4.78 is 6.69. The number of hydrogen-bond acceptors (Lipinski definition) is 5. The summed E-state index contributed by atoms with van der Waals surface area (Å²) in [5.41, 5.74) is 4.03. The van der Waals surface area contributed by atoms with Gasteiger partial charge < -0.3 is 10.1 Å². The predicted molar refractivity (Wildman–Crippen MR) is 127 cm³/mol. The minimum absolute atomic E-state index is 0.0974. The van der Waals surface area contributed by atoms with Gasteiger partial charge in [-0.2, -0.15) is 0 Å². The van der Waals surface area contributed by atoms with Gasteiger partial charge in [-0.3, -0.25) is 19.1 Å². The Morgan fingerprint density at radius 3 is 2.42 bits per heavy atom. The molecule has 0 fully saturated rings. The first-order valence-electron chi connectivity index (χ1n) is 11.1. The number of hydrogen-bond donors (Lipinski definition) is 2. The number of carbonyl (C=O) groups is 1. The maximum absolute atomic E-state index is 13.5. The zero-order valence-corrected chi connectivity index (χ0v) is 18.6. The van der Waals surface area contributed by atoms with Gasteiger partial charge in [-0.15, -0.1) is 0 Å². The number of rotatable bonds is 6. The molecule has 1 aliphatic heterocycles. The molecule has 0 bridgehead atoms. The van der Waals surface area contributed by atoms with Crippen LogP contribution in [-0.2, 0) is 17.7 Å². The molecule has 1 atom stereocenters. The van der Waals surface area contributed by atoms with Crippen molar-refractivity contribution in [2.24, 2.45) is 0 Å². The summed E-state index contributed by atoms with van der Waals surface area (Å²) in [6.07, 6.45) is 1.49. The SMILES string of the molecule is CCc1ccc([C@@H]2C3=C(Nc4c2c(=O)[nH]c(=O)n4CCCOC)c2ccccc2C3=O)cc1. The number of allylic oxidation sites excluding steroid dienone is 1. The molecule has 0 unspecified atom stereocenters. The second-order valence-electron chi connectivity index (χ2n) is 8.34. The first-order valence-corrected chi connectivity index (χ1v) is 11.1. The molecule has 2 N–H and O–H groups in total. The van der Waals surface area contributed by atoms with Crippen LogP contribution in [0, 0.1) is 0 Å². The van der Waals surface area contributed by atoms with Crippen LogP contribution in [-0.4, -0.2) is 29.1 Å². The average molecular weight is 444 g/mol. The van der Waals surface area contributed by atoms with Crippen LogP contribution in [0.4, 0.5) is 5.82 Å². The third-order valence-corrected chi connectivity index (χ3v) is 6.46. The second kappa shape index (κ2) is 8.33. The summed E-state index contributed by atoms with van der Waals surface area (Å²) in [6, 6.07) is 15.4. The Hall–Kier alpha value is -3.71. The molecular formula is C26H25N3O4. The highest BCUT2D eigenvalue weighted by molar-refractivity contribution is 6.23. The Labute approximate surface area is 190 Å². The average Bonchev–Trinajstić information content (AvgIpc) is 3.12. The van der Waals surface area contributed by atoms with E-state index in [1.165, 1.54) is 5.56 Å². The molecule has 2 aromatic carbocycles. The molecular weight excluding hydrogens is 418 g/mol. The van der Waals surface area contributed by atoms with Crippen LogP contribution in [0.25, 0.3) is 5.70 Å². The van der Waals surface area contributed by atoms with Crippen LogP contribution in [0.2, 0.25) is 0 Å². The van der Waals surface area contributed by atoms with Gasteiger partial charge in [-0.25, -0.2) is 4.79 Å². The number of aryl methyl sites for hydroxylation is 1. The summed E-state index contributed by atoms with van der Waals surface area (Å²) in [4.78, 5) is 41.9. The lowest BCUT2D eigenvalue weighted by Gasteiger charge is -2.29. The molecule has 33 heavy (non-hydrogen) atoms. The van der Waals surface area contributed by atoms with Gasteiger partial charge in [0.05, 0.1) is 11.3 Å². The highest BCUT2D eigenvalue weighted by atomic mass is 16.5. The van der Waals surface area contributed by atoms with Crippen molar-refractivity contribution < 1.29 is 9.53 Å². The standard InChI is InChI=1S/C26H25N3O4/c1-3-15-9-11-16(12-10-15)19-20-22(17-7-4-5-8-18(17)23(20)30)27-24-21(19)25(31)28-26(32)29(24)13-6-14-33-2/h4-5,7-12,19,27H,3,6,13-14H2,1-2H3,(H,28,31,32)/t19-/m1/s1. The fraction of sp³-hybridized carbons (Fsp3) is 0.269. The van der Waals surface area contributed by atoms with Gasteiger partial charge in [0.15, 0.2) is 5.78 Å². The number of carbonyl (C=O) groups excluding carboxylic acids is 1. The zero-order valence-electron chi connectivity index (χ0n) is 18.6.